The van der Waals surface area contributed by atoms with Gasteiger partial charge >= 0.3 is 0 Å². The van der Waals surface area contributed by atoms with Crippen LogP contribution in [0.1, 0.15) is 12.8 Å². The number of likely N-dealkylation sites (N-methyl/N-ethyl adjacent to an activating group) is 1. The average Bonchev–Trinajstić information content (AvgIpc) is 2.67. The Morgan fingerprint density at radius 3 is 2.62 bits per heavy atom. The number of hydrogen-bond donors (Lipinski definition) is 1. The molecule has 1 unspecified atom stereocenters. The Labute approximate surface area is 98.8 Å². The second-order valence-corrected chi connectivity index (χ2v) is 6.63. The molecule has 0 aromatic carbocycles. The van der Waals surface area contributed by atoms with E-state index in [0.717, 1.165) is 13.0 Å². The van der Waals surface area contributed by atoms with Crippen LogP contribution in [0.3, 0.4) is 0 Å². The van der Waals surface area contributed by atoms with E-state index in [1.54, 1.807) is 4.31 Å². The molecule has 5 nitrogen and oxygen atoms in total. The Balaban J connectivity index is 2.45. The molecule has 1 fully saturated rings. The van der Waals surface area contributed by atoms with E-state index in [4.69, 9.17) is 0 Å². The van der Waals surface area contributed by atoms with Crippen LogP contribution in [0.25, 0.3) is 0 Å². The second-order valence-electron chi connectivity index (χ2n) is 4.54. The molecule has 1 rings (SSSR count). The quantitative estimate of drug-likeness (QED) is 0.649. The topological polar surface area (TPSA) is 52.7 Å². The maximum absolute atomic E-state index is 12.0. The highest BCUT2D eigenvalue weighted by Gasteiger charge is 2.31. The summed E-state index contributed by atoms with van der Waals surface area (Å²) >= 11 is 0. The average molecular weight is 249 g/mol. The van der Waals surface area contributed by atoms with Crippen molar-refractivity contribution in [2.45, 2.75) is 18.9 Å². The van der Waals surface area contributed by atoms with Crippen LogP contribution in [0, 0.1) is 0 Å². The summed E-state index contributed by atoms with van der Waals surface area (Å²) in [6.07, 6.45) is 1.63. The van der Waals surface area contributed by atoms with Crippen molar-refractivity contribution in [2.24, 2.45) is 0 Å². The van der Waals surface area contributed by atoms with Crippen molar-refractivity contribution < 1.29 is 8.42 Å². The van der Waals surface area contributed by atoms with Crippen molar-refractivity contribution in [2.75, 3.05) is 46.5 Å². The molecule has 1 aliphatic heterocycles. The van der Waals surface area contributed by atoms with Gasteiger partial charge < -0.3 is 10.2 Å². The van der Waals surface area contributed by atoms with Crippen LogP contribution in [0.2, 0.25) is 0 Å². The number of hydrogen-bond acceptors (Lipinski definition) is 4. The lowest BCUT2D eigenvalue weighted by molar-refractivity contribution is 0.302. The molecule has 0 radical (unpaired) electrons. The fourth-order valence-electron chi connectivity index (χ4n) is 1.95. The first kappa shape index (κ1) is 13.9. The molecule has 1 N–H and O–H groups in total. The molecule has 1 atom stereocenters. The lowest BCUT2D eigenvalue weighted by Gasteiger charge is -2.20. The molecule has 96 valence electrons. The third kappa shape index (κ3) is 3.69. The fourth-order valence-corrected chi connectivity index (χ4v) is 3.50. The molecule has 0 aliphatic carbocycles. The van der Waals surface area contributed by atoms with Gasteiger partial charge in [0.05, 0.1) is 5.75 Å². The van der Waals surface area contributed by atoms with Crippen LogP contribution in [0.5, 0.6) is 0 Å². The molecule has 0 saturated carbocycles. The summed E-state index contributed by atoms with van der Waals surface area (Å²) in [6.45, 7) is 2.07. The predicted octanol–water partition coefficient (Wildman–Crippen LogP) is -0.438. The molecule has 0 bridgehead atoms. The van der Waals surface area contributed by atoms with Crippen LogP contribution >= 0.6 is 0 Å². The Kier molecular flexibility index (Phi) is 5.17. The minimum Gasteiger partial charge on any atom is -0.320 e. The minimum absolute atomic E-state index is 0.258. The van der Waals surface area contributed by atoms with Gasteiger partial charge in [-0.1, -0.05) is 0 Å². The monoisotopic (exact) mass is 249 g/mol. The summed E-state index contributed by atoms with van der Waals surface area (Å²) in [5, 5.41) is 2.97. The van der Waals surface area contributed by atoms with Crippen molar-refractivity contribution in [3.63, 3.8) is 0 Å². The van der Waals surface area contributed by atoms with Crippen molar-refractivity contribution in [1.82, 2.24) is 14.5 Å². The first-order valence-corrected chi connectivity index (χ1v) is 7.37. The fraction of sp³-hybridized carbons (Fsp3) is 1.00. The molecule has 0 spiro atoms. The lowest BCUT2D eigenvalue weighted by Crippen LogP contribution is -2.36. The molecular weight excluding hydrogens is 226 g/mol. The molecule has 1 saturated heterocycles. The van der Waals surface area contributed by atoms with Gasteiger partial charge in [-0.3, -0.25) is 0 Å². The second kappa shape index (κ2) is 5.95. The van der Waals surface area contributed by atoms with Gasteiger partial charge in [-0.15, -0.1) is 0 Å². The Hall–Kier alpha value is -0.170. The van der Waals surface area contributed by atoms with Crippen LogP contribution in [0.4, 0.5) is 0 Å². The summed E-state index contributed by atoms with van der Waals surface area (Å²) in [7, 11) is 2.81. The molecule has 0 aromatic rings. The van der Waals surface area contributed by atoms with Gasteiger partial charge in [-0.25, -0.2) is 12.7 Å². The SMILES string of the molecule is CNCCCS(=O)(=O)N1CCC(N(C)C)C1. The number of nitrogens with one attached hydrogen (secondary N) is 1. The first-order chi connectivity index (χ1) is 7.47. The molecule has 1 heterocycles. The molecular formula is C10H23N3O2S. The molecule has 6 heteroatoms. The number of nitrogens with zero attached hydrogens (tertiary/aromatic N) is 2. The summed E-state index contributed by atoms with van der Waals surface area (Å²) < 4.78 is 25.5. The van der Waals surface area contributed by atoms with E-state index in [9.17, 15) is 8.42 Å². The largest absolute Gasteiger partial charge is 0.320 e. The maximum atomic E-state index is 12.0. The summed E-state index contributed by atoms with van der Waals surface area (Å²) in [6, 6.07) is 0.374. The van der Waals surface area contributed by atoms with E-state index in [-0.39, 0.29) is 5.75 Å². The van der Waals surface area contributed by atoms with E-state index in [1.165, 1.54) is 0 Å². The molecule has 0 aromatic heterocycles. The zero-order valence-corrected chi connectivity index (χ0v) is 11.3. The van der Waals surface area contributed by atoms with Gasteiger partial charge in [0.2, 0.25) is 10.0 Å². The number of rotatable bonds is 6. The molecule has 16 heavy (non-hydrogen) atoms. The van der Waals surface area contributed by atoms with E-state index < -0.39 is 10.0 Å². The Morgan fingerprint density at radius 2 is 2.12 bits per heavy atom. The highest BCUT2D eigenvalue weighted by Crippen LogP contribution is 2.17. The first-order valence-electron chi connectivity index (χ1n) is 5.76. The number of sulfonamides is 1. The van der Waals surface area contributed by atoms with Crippen molar-refractivity contribution in [3.8, 4) is 0 Å². The third-order valence-electron chi connectivity index (χ3n) is 3.08. The van der Waals surface area contributed by atoms with Gasteiger partial charge in [-0.2, -0.15) is 0 Å². The zero-order valence-electron chi connectivity index (χ0n) is 10.4. The maximum Gasteiger partial charge on any atom is 0.214 e. The molecule has 1 aliphatic rings. The normalized spacial score (nSPS) is 23.1. The summed E-state index contributed by atoms with van der Waals surface area (Å²) in [4.78, 5) is 2.10. The third-order valence-corrected chi connectivity index (χ3v) is 5.00. The highest BCUT2D eigenvalue weighted by atomic mass is 32.2. The van der Waals surface area contributed by atoms with Gasteiger partial charge in [0, 0.05) is 19.1 Å². The zero-order chi connectivity index (χ0) is 12.2. The van der Waals surface area contributed by atoms with Gasteiger partial charge in [-0.05, 0) is 40.5 Å². The van der Waals surface area contributed by atoms with E-state index in [0.29, 0.717) is 25.6 Å². The van der Waals surface area contributed by atoms with E-state index >= 15 is 0 Å². The Bertz CT molecular complexity index is 303. The Morgan fingerprint density at radius 1 is 1.44 bits per heavy atom. The van der Waals surface area contributed by atoms with E-state index in [2.05, 4.69) is 10.2 Å². The minimum atomic E-state index is -3.03. The predicted molar refractivity (Wildman–Crippen MR) is 66.0 cm³/mol. The van der Waals surface area contributed by atoms with Crippen molar-refractivity contribution >= 4 is 10.0 Å². The van der Waals surface area contributed by atoms with Gasteiger partial charge in [0.25, 0.3) is 0 Å². The highest BCUT2D eigenvalue weighted by molar-refractivity contribution is 7.89. The standard InChI is InChI=1S/C10H23N3O2S/c1-11-6-4-8-16(14,15)13-7-5-10(9-13)12(2)3/h10-11H,4-9H2,1-3H3. The van der Waals surface area contributed by atoms with Crippen LogP contribution in [0.15, 0.2) is 0 Å². The summed E-state index contributed by atoms with van der Waals surface area (Å²) in [5.74, 6) is 0.258. The van der Waals surface area contributed by atoms with Crippen LogP contribution in [-0.2, 0) is 10.0 Å². The van der Waals surface area contributed by atoms with Crippen LogP contribution in [-0.4, -0.2) is 70.2 Å². The lowest BCUT2D eigenvalue weighted by atomic mass is 10.2. The van der Waals surface area contributed by atoms with Crippen molar-refractivity contribution in [3.05, 3.63) is 0 Å². The molecule has 0 amide bonds. The van der Waals surface area contributed by atoms with Crippen molar-refractivity contribution in [1.29, 1.82) is 0 Å². The van der Waals surface area contributed by atoms with Gasteiger partial charge in [0.1, 0.15) is 0 Å². The summed E-state index contributed by atoms with van der Waals surface area (Å²) in [5.41, 5.74) is 0. The van der Waals surface area contributed by atoms with Crippen LogP contribution < -0.4 is 5.32 Å². The van der Waals surface area contributed by atoms with E-state index in [1.807, 2.05) is 21.1 Å². The smallest absolute Gasteiger partial charge is 0.214 e. The van der Waals surface area contributed by atoms with Gasteiger partial charge in [0.15, 0.2) is 0 Å².